The van der Waals surface area contributed by atoms with Crippen LogP contribution >= 0.6 is 0 Å². The van der Waals surface area contributed by atoms with E-state index in [0.29, 0.717) is 11.4 Å². The van der Waals surface area contributed by atoms with Gasteiger partial charge in [-0.3, -0.25) is 9.89 Å². The number of aromatic amines is 1. The van der Waals surface area contributed by atoms with Gasteiger partial charge in [-0.05, 0) is 45.0 Å². The molecule has 26 heavy (non-hydrogen) atoms. The van der Waals surface area contributed by atoms with Crippen LogP contribution in [0.15, 0.2) is 18.3 Å². The molecule has 0 aromatic carbocycles. The van der Waals surface area contributed by atoms with Crippen molar-refractivity contribution in [2.24, 2.45) is 5.92 Å². The summed E-state index contributed by atoms with van der Waals surface area (Å²) in [6.07, 6.45) is 4.68. The van der Waals surface area contributed by atoms with Gasteiger partial charge in [0.2, 0.25) is 11.8 Å². The van der Waals surface area contributed by atoms with Crippen molar-refractivity contribution in [2.45, 2.75) is 26.2 Å². The zero-order chi connectivity index (χ0) is 18.5. The third-order valence-electron chi connectivity index (χ3n) is 4.71. The second-order valence-electron chi connectivity index (χ2n) is 6.58. The number of pyridine rings is 1. The molecule has 1 amide bonds. The highest BCUT2D eigenvalue weighted by Crippen LogP contribution is 2.26. The summed E-state index contributed by atoms with van der Waals surface area (Å²) in [6, 6.07) is 3.31. The average Bonchev–Trinajstić information content (AvgIpc) is 3.30. The molecule has 1 atom stereocenters. The molecule has 3 heterocycles. The Labute approximate surface area is 151 Å². The normalized spacial score (nSPS) is 15.8. The minimum atomic E-state index is -0.600. The van der Waals surface area contributed by atoms with Crippen LogP contribution in [0.5, 0.6) is 5.88 Å². The maximum atomic E-state index is 14.6. The first kappa shape index (κ1) is 18.3. The molecule has 0 aliphatic carbocycles. The van der Waals surface area contributed by atoms with E-state index < -0.39 is 5.82 Å². The SMILES string of the molecule is COc1ccc(-c2[nH]nc(NC(=O)C(C)CCN3CCCC3)c2F)cn1. The number of nitrogens with zero attached hydrogens (tertiary/aromatic N) is 3. The zero-order valence-electron chi connectivity index (χ0n) is 15.1. The molecule has 3 rings (SSSR count). The van der Waals surface area contributed by atoms with E-state index >= 15 is 0 Å². The number of H-pyrrole nitrogens is 1. The van der Waals surface area contributed by atoms with E-state index in [9.17, 15) is 9.18 Å². The lowest BCUT2D eigenvalue weighted by atomic mass is 10.1. The topological polar surface area (TPSA) is 83.1 Å². The Morgan fingerprint density at radius 2 is 2.19 bits per heavy atom. The lowest BCUT2D eigenvalue weighted by Gasteiger charge is -2.17. The lowest BCUT2D eigenvalue weighted by Crippen LogP contribution is -2.27. The number of aromatic nitrogens is 3. The summed E-state index contributed by atoms with van der Waals surface area (Å²) in [6.45, 7) is 4.94. The number of amides is 1. The summed E-state index contributed by atoms with van der Waals surface area (Å²) in [7, 11) is 1.51. The van der Waals surface area contributed by atoms with Gasteiger partial charge in [-0.1, -0.05) is 6.92 Å². The molecule has 1 aliphatic rings. The van der Waals surface area contributed by atoms with Gasteiger partial charge in [0, 0.05) is 23.7 Å². The Balaban J connectivity index is 1.60. The largest absolute Gasteiger partial charge is 0.481 e. The second kappa shape index (κ2) is 8.27. The van der Waals surface area contributed by atoms with Gasteiger partial charge in [-0.15, -0.1) is 0 Å². The molecule has 0 bridgehead atoms. The molecule has 2 aromatic rings. The molecule has 0 radical (unpaired) electrons. The average molecular weight is 361 g/mol. The van der Waals surface area contributed by atoms with Crippen LogP contribution in [0.1, 0.15) is 26.2 Å². The van der Waals surface area contributed by atoms with Crippen LogP contribution in [-0.4, -0.2) is 52.7 Å². The standard InChI is InChI=1S/C18H24FN5O2/c1-12(7-10-24-8-3-4-9-24)18(25)21-17-15(19)16(22-23-17)13-5-6-14(26-2)20-11-13/h5-6,11-12H,3-4,7-10H2,1-2H3,(H2,21,22,23,25). The first-order valence-corrected chi connectivity index (χ1v) is 8.86. The maximum Gasteiger partial charge on any atom is 0.228 e. The lowest BCUT2D eigenvalue weighted by molar-refractivity contribution is -0.119. The van der Waals surface area contributed by atoms with E-state index in [4.69, 9.17) is 4.74 Å². The quantitative estimate of drug-likeness (QED) is 0.792. The number of halogens is 1. The molecule has 7 nitrogen and oxygen atoms in total. The number of likely N-dealkylation sites (tertiary alicyclic amines) is 1. The Bertz CT molecular complexity index is 741. The molecule has 1 saturated heterocycles. The van der Waals surface area contributed by atoms with Gasteiger partial charge in [0.25, 0.3) is 0 Å². The van der Waals surface area contributed by atoms with Crippen LogP contribution in [0.4, 0.5) is 10.2 Å². The minimum Gasteiger partial charge on any atom is -0.481 e. The van der Waals surface area contributed by atoms with Crippen LogP contribution in [-0.2, 0) is 4.79 Å². The fraction of sp³-hybridized carbons (Fsp3) is 0.500. The van der Waals surface area contributed by atoms with Gasteiger partial charge < -0.3 is 15.0 Å². The van der Waals surface area contributed by atoms with Crippen LogP contribution in [0.25, 0.3) is 11.3 Å². The summed E-state index contributed by atoms with van der Waals surface area (Å²) in [5.74, 6) is -0.688. The number of ether oxygens (including phenoxy) is 1. The van der Waals surface area contributed by atoms with E-state index in [0.717, 1.165) is 26.1 Å². The van der Waals surface area contributed by atoms with Crippen LogP contribution in [0.2, 0.25) is 0 Å². The second-order valence-corrected chi connectivity index (χ2v) is 6.58. The number of nitrogens with one attached hydrogen (secondary N) is 2. The van der Waals surface area contributed by atoms with Crippen molar-refractivity contribution >= 4 is 11.7 Å². The smallest absolute Gasteiger partial charge is 0.228 e. The molecule has 140 valence electrons. The summed E-state index contributed by atoms with van der Waals surface area (Å²) < 4.78 is 19.6. The van der Waals surface area contributed by atoms with E-state index in [1.54, 1.807) is 12.1 Å². The molecule has 1 aliphatic heterocycles. The molecule has 1 unspecified atom stereocenters. The number of carbonyl (C=O) groups excluding carboxylic acids is 1. The number of rotatable bonds is 7. The van der Waals surface area contributed by atoms with Crippen molar-refractivity contribution in [3.63, 3.8) is 0 Å². The predicted molar refractivity (Wildman–Crippen MR) is 96.4 cm³/mol. The van der Waals surface area contributed by atoms with E-state index in [2.05, 4.69) is 25.4 Å². The molecular formula is C18H24FN5O2. The van der Waals surface area contributed by atoms with Crippen molar-refractivity contribution in [1.82, 2.24) is 20.1 Å². The highest BCUT2D eigenvalue weighted by atomic mass is 19.1. The fourth-order valence-corrected chi connectivity index (χ4v) is 3.00. The molecule has 1 fully saturated rings. The zero-order valence-corrected chi connectivity index (χ0v) is 15.1. The number of carbonyl (C=O) groups is 1. The van der Waals surface area contributed by atoms with Crippen LogP contribution in [0.3, 0.4) is 0 Å². The highest BCUT2D eigenvalue weighted by molar-refractivity contribution is 5.92. The first-order chi connectivity index (χ1) is 12.6. The van der Waals surface area contributed by atoms with Crippen molar-refractivity contribution in [1.29, 1.82) is 0 Å². The Morgan fingerprint density at radius 3 is 2.85 bits per heavy atom. The van der Waals surface area contributed by atoms with Gasteiger partial charge in [0.15, 0.2) is 11.6 Å². The molecule has 2 aromatic heterocycles. The predicted octanol–water partition coefficient (Wildman–Crippen LogP) is 2.68. The summed E-state index contributed by atoms with van der Waals surface area (Å²) in [5.41, 5.74) is 0.707. The number of hydrogen-bond acceptors (Lipinski definition) is 5. The van der Waals surface area contributed by atoms with Crippen LogP contribution < -0.4 is 10.1 Å². The molecule has 8 heteroatoms. The van der Waals surface area contributed by atoms with E-state index in [1.807, 2.05) is 6.92 Å². The third-order valence-corrected chi connectivity index (χ3v) is 4.71. The fourth-order valence-electron chi connectivity index (χ4n) is 3.00. The Kier molecular flexibility index (Phi) is 5.82. The Morgan fingerprint density at radius 1 is 1.42 bits per heavy atom. The number of anilines is 1. The van der Waals surface area contributed by atoms with Gasteiger partial charge in [-0.25, -0.2) is 9.37 Å². The Hall–Kier alpha value is -2.48. The molecule has 0 spiro atoms. The first-order valence-electron chi connectivity index (χ1n) is 8.86. The number of methoxy groups -OCH3 is 1. The van der Waals surface area contributed by atoms with Gasteiger partial charge in [0.05, 0.1) is 7.11 Å². The van der Waals surface area contributed by atoms with Crippen molar-refractivity contribution in [3.8, 4) is 17.1 Å². The molecule has 0 saturated carbocycles. The third kappa shape index (κ3) is 4.19. The highest BCUT2D eigenvalue weighted by Gasteiger charge is 2.21. The number of hydrogen-bond donors (Lipinski definition) is 2. The molecular weight excluding hydrogens is 337 g/mol. The van der Waals surface area contributed by atoms with Crippen molar-refractivity contribution in [3.05, 3.63) is 24.1 Å². The summed E-state index contributed by atoms with van der Waals surface area (Å²) in [5, 5.41) is 9.09. The van der Waals surface area contributed by atoms with Crippen molar-refractivity contribution < 1.29 is 13.9 Å². The maximum absolute atomic E-state index is 14.6. The van der Waals surface area contributed by atoms with Gasteiger partial charge in [-0.2, -0.15) is 5.10 Å². The van der Waals surface area contributed by atoms with Gasteiger partial charge in [0.1, 0.15) is 5.69 Å². The summed E-state index contributed by atoms with van der Waals surface area (Å²) in [4.78, 5) is 18.7. The minimum absolute atomic E-state index is 0.0890. The molecule has 2 N–H and O–H groups in total. The van der Waals surface area contributed by atoms with Crippen molar-refractivity contribution in [2.75, 3.05) is 32.1 Å². The van der Waals surface area contributed by atoms with E-state index in [-0.39, 0.29) is 23.3 Å². The monoisotopic (exact) mass is 361 g/mol. The van der Waals surface area contributed by atoms with E-state index in [1.165, 1.54) is 26.1 Å². The van der Waals surface area contributed by atoms with Crippen LogP contribution in [0, 0.1) is 11.7 Å². The van der Waals surface area contributed by atoms with Gasteiger partial charge >= 0.3 is 0 Å². The summed E-state index contributed by atoms with van der Waals surface area (Å²) >= 11 is 0.